The summed E-state index contributed by atoms with van der Waals surface area (Å²) in [4.78, 5) is 23.6. The summed E-state index contributed by atoms with van der Waals surface area (Å²) in [5.74, 6) is 0.220. The van der Waals surface area contributed by atoms with E-state index in [-0.39, 0.29) is 18.9 Å². The van der Waals surface area contributed by atoms with Gasteiger partial charge in [-0.25, -0.2) is 0 Å². The second-order valence-electron chi connectivity index (χ2n) is 5.06. The van der Waals surface area contributed by atoms with Crippen LogP contribution in [0.1, 0.15) is 18.0 Å². The summed E-state index contributed by atoms with van der Waals surface area (Å²) in [5.41, 5.74) is 6.02. The third-order valence-electron chi connectivity index (χ3n) is 3.38. The first-order valence-corrected chi connectivity index (χ1v) is 7.51. The van der Waals surface area contributed by atoms with Crippen molar-refractivity contribution in [2.75, 3.05) is 13.7 Å². The molecule has 0 aromatic heterocycles. The Hall–Kier alpha value is -3.02. The van der Waals surface area contributed by atoms with Gasteiger partial charge in [0.05, 0.1) is 20.1 Å². The van der Waals surface area contributed by atoms with Gasteiger partial charge in [-0.05, 0) is 17.7 Å². The second kappa shape index (κ2) is 8.57. The van der Waals surface area contributed by atoms with Crippen LogP contribution in [-0.4, -0.2) is 25.5 Å². The average Bonchev–Trinajstić information content (AvgIpc) is 2.60. The predicted octanol–water partition coefficient (Wildman–Crippen LogP) is 1.81. The third-order valence-corrected chi connectivity index (χ3v) is 3.38. The minimum absolute atomic E-state index is 0.0919. The van der Waals surface area contributed by atoms with E-state index in [9.17, 15) is 9.59 Å². The number of carbonyl (C=O) groups is 2. The number of hydrogen-bond donors (Lipinski definition) is 2. The lowest BCUT2D eigenvalue weighted by atomic mass is 10.1. The number of rotatable bonds is 8. The summed E-state index contributed by atoms with van der Waals surface area (Å²) in [6.45, 7) is 0.159. The third kappa shape index (κ3) is 4.74. The van der Waals surface area contributed by atoms with Crippen LogP contribution in [0.25, 0.3) is 0 Å². The Morgan fingerprint density at radius 2 is 1.67 bits per heavy atom. The predicted molar refractivity (Wildman–Crippen MR) is 89.6 cm³/mol. The number of hydrogen-bond acceptors (Lipinski definition) is 4. The van der Waals surface area contributed by atoms with Crippen LogP contribution in [0.4, 0.5) is 0 Å². The molecule has 0 heterocycles. The quantitative estimate of drug-likeness (QED) is 0.773. The summed E-state index contributed by atoms with van der Waals surface area (Å²) in [6.07, 6.45) is 0.0919. The molecule has 3 N–H and O–H groups in total. The Kier molecular flexibility index (Phi) is 6.19. The fraction of sp³-hybridized carbons (Fsp3) is 0.222. The van der Waals surface area contributed by atoms with Crippen LogP contribution in [0, 0.1) is 0 Å². The smallest absolute Gasteiger partial charge is 0.244 e. The molecule has 24 heavy (non-hydrogen) atoms. The van der Waals surface area contributed by atoms with Gasteiger partial charge < -0.3 is 20.5 Å². The Morgan fingerprint density at radius 3 is 2.29 bits per heavy atom. The zero-order valence-electron chi connectivity index (χ0n) is 13.4. The van der Waals surface area contributed by atoms with Crippen molar-refractivity contribution in [1.29, 1.82) is 0 Å². The Bertz CT molecular complexity index is 688. The molecule has 2 rings (SSSR count). The first-order valence-electron chi connectivity index (χ1n) is 7.51. The Morgan fingerprint density at radius 1 is 1.04 bits per heavy atom. The Labute approximate surface area is 140 Å². The van der Waals surface area contributed by atoms with Gasteiger partial charge in [0.15, 0.2) is 11.5 Å². The van der Waals surface area contributed by atoms with Crippen molar-refractivity contribution < 1.29 is 19.1 Å². The van der Waals surface area contributed by atoms with Crippen LogP contribution < -0.4 is 20.5 Å². The molecule has 2 aromatic carbocycles. The molecule has 0 spiro atoms. The van der Waals surface area contributed by atoms with Crippen molar-refractivity contribution in [3.63, 3.8) is 0 Å². The summed E-state index contributed by atoms with van der Waals surface area (Å²) in [5, 5.41) is 2.62. The second-order valence-corrected chi connectivity index (χ2v) is 5.06. The van der Waals surface area contributed by atoms with Crippen LogP contribution in [0.2, 0.25) is 0 Å². The summed E-state index contributed by atoms with van der Waals surface area (Å²) >= 11 is 0. The molecule has 6 nitrogen and oxygen atoms in total. The minimum Gasteiger partial charge on any atom is -0.493 e. The van der Waals surface area contributed by atoms with Crippen molar-refractivity contribution in [3.8, 4) is 11.5 Å². The van der Waals surface area contributed by atoms with Crippen molar-refractivity contribution in [3.05, 3.63) is 60.2 Å². The number of nitrogens with one attached hydrogen (secondary N) is 1. The highest BCUT2D eigenvalue weighted by Crippen LogP contribution is 2.25. The van der Waals surface area contributed by atoms with Gasteiger partial charge in [0.1, 0.15) is 6.04 Å². The number of carbonyl (C=O) groups excluding carboxylic acids is 2. The van der Waals surface area contributed by atoms with Crippen LogP contribution in [0.15, 0.2) is 54.6 Å². The number of nitrogens with two attached hydrogens (primary N) is 1. The summed E-state index contributed by atoms with van der Waals surface area (Å²) in [7, 11) is 1.55. The number of methoxy groups -OCH3 is 1. The standard InChI is InChI=1S/C18H20N2O4/c1-23-14-9-5-6-10-15(14)24-12-11-16(21)20-17(18(19)22)13-7-3-2-4-8-13/h2-10,17H,11-12H2,1H3,(H2,19,22)(H,20,21)/t17-/m1/s1. The largest absolute Gasteiger partial charge is 0.493 e. The van der Waals surface area contributed by atoms with Crippen molar-refractivity contribution in [2.24, 2.45) is 5.73 Å². The summed E-state index contributed by atoms with van der Waals surface area (Å²) in [6, 6.07) is 15.2. The van der Waals surface area contributed by atoms with Gasteiger partial charge in [-0.2, -0.15) is 0 Å². The zero-order valence-corrected chi connectivity index (χ0v) is 13.4. The molecule has 0 saturated heterocycles. The van der Waals surface area contributed by atoms with Crippen molar-refractivity contribution >= 4 is 11.8 Å². The molecule has 1 atom stereocenters. The number of para-hydroxylation sites is 2. The maximum absolute atomic E-state index is 12.0. The maximum atomic E-state index is 12.0. The molecule has 0 saturated carbocycles. The normalized spacial score (nSPS) is 11.4. The van der Waals surface area contributed by atoms with Gasteiger partial charge in [-0.15, -0.1) is 0 Å². The lowest BCUT2D eigenvalue weighted by molar-refractivity contribution is -0.127. The lowest BCUT2D eigenvalue weighted by Crippen LogP contribution is -2.37. The van der Waals surface area contributed by atoms with E-state index in [1.807, 2.05) is 18.2 Å². The van der Waals surface area contributed by atoms with Crippen LogP contribution in [0.5, 0.6) is 11.5 Å². The Balaban J connectivity index is 1.89. The number of primary amides is 1. The number of amides is 2. The van der Waals surface area contributed by atoms with Gasteiger partial charge in [0, 0.05) is 0 Å². The number of ether oxygens (including phenoxy) is 2. The molecular weight excluding hydrogens is 308 g/mol. The van der Waals surface area contributed by atoms with E-state index in [1.165, 1.54) is 0 Å². The van der Waals surface area contributed by atoms with E-state index in [0.29, 0.717) is 17.1 Å². The monoisotopic (exact) mass is 328 g/mol. The van der Waals surface area contributed by atoms with E-state index < -0.39 is 11.9 Å². The zero-order chi connectivity index (χ0) is 17.4. The van der Waals surface area contributed by atoms with Gasteiger partial charge in [-0.1, -0.05) is 42.5 Å². The van der Waals surface area contributed by atoms with Crippen molar-refractivity contribution in [2.45, 2.75) is 12.5 Å². The minimum atomic E-state index is -0.857. The fourth-order valence-corrected chi connectivity index (χ4v) is 2.19. The molecule has 0 unspecified atom stereocenters. The maximum Gasteiger partial charge on any atom is 0.244 e. The van der Waals surface area contributed by atoms with Crippen LogP contribution in [-0.2, 0) is 9.59 Å². The van der Waals surface area contributed by atoms with Gasteiger partial charge in [0.25, 0.3) is 0 Å². The molecule has 126 valence electrons. The molecule has 0 aliphatic rings. The molecular formula is C18H20N2O4. The molecule has 0 radical (unpaired) electrons. The van der Waals surface area contributed by atoms with E-state index in [2.05, 4.69) is 5.32 Å². The first kappa shape index (κ1) is 17.3. The molecule has 2 aromatic rings. The average molecular weight is 328 g/mol. The lowest BCUT2D eigenvalue weighted by Gasteiger charge is -2.16. The van der Waals surface area contributed by atoms with Gasteiger partial charge in [-0.3, -0.25) is 9.59 Å². The highest BCUT2D eigenvalue weighted by molar-refractivity contribution is 5.87. The fourth-order valence-electron chi connectivity index (χ4n) is 2.19. The van der Waals surface area contributed by atoms with E-state index in [4.69, 9.17) is 15.2 Å². The number of benzene rings is 2. The summed E-state index contributed by atoms with van der Waals surface area (Å²) < 4.78 is 10.7. The molecule has 6 heteroatoms. The van der Waals surface area contributed by atoms with Crippen molar-refractivity contribution in [1.82, 2.24) is 5.32 Å². The molecule has 0 fully saturated rings. The molecule has 0 aliphatic heterocycles. The molecule has 2 amide bonds. The topological polar surface area (TPSA) is 90.7 Å². The van der Waals surface area contributed by atoms with Gasteiger partial charge in [0.2, 0.25) is 11.8 Å². The van der Waals surface area contributed by atoms with E-state index in [0.717, 1.165) is 0 Å². The van der Waals surface area contributed by atoms with E-state index in [1.54, 1.807) is 43.5 Å². The highest BCUT2D eigenvalue weighted by Gasteiger charge is 2.19. The van der Waals surface area contributed by atoms with E-state index >= 15 is 0 Å². The van der Waals surface area contributed by atoms with Crippen LogP contribution >= 0.6 is 0 Å². The highest BCUT2D eigenvalue weighted by atomic mass is 16.5. The van der Waals surface area contributed by atoms with Gasteiger partial charge >= 0.3 is 0 Å². The SMILES string of the molecule is COc1ccccc1OCCC(=O)N[C@@H](C(N)=O)c1ccccc1. The first-order chi connectivity index (χ1) is 11.6. The van der Waals surface area contributed by atoms with Crippen LogP contribution in [0.3, 0.4) is 0 Å². The molecule has 0 aliphatic carbocycles. The molecule has 0 bridgehead atoms.